The summed E-state index contributed by atoms with van der Waals surface area (Å²) in [6, 6.07) is 4.48. The molecule has 100 valence electrons. The number of halogens is 1. The summed E-state index contributed by atoms with van der Waals surface area (Å²) in [5.74, 6) is 0.870. The van der Waals surface area contributed by atoms with Crippen molar-refractivity contribution in [3.8, 4) is 5.82 Å². The van der Waals surface area contributed by atoms with E-state index < -0.39 is 0 Å². The third-order valence-electron chi connectivity index (χ3n) is 3.54. The van der Waals surface area contributed by atoms with E-state index in [4.69, 9.17) is 11.6 Å². The second-order valence-corrected chi connectivity index (χ2v) is 5.45. The van der Waals surface area contributed by atoms with Crippen molar-refractivity contribution in [2.24, 2.45) is 0 Å². The van der Waals surface area contributed by atoms with Gasteiger partial charge in [-0.25, -0.2) is 9.97 Å². The normalized spacial score (nSPS) is 14.9. The highest BCUT2D eigenvalue weighted by Crippen LogP contribution is 2.22. The SMILES string of the molecule is Cc1ncn(-c2ccc(Cl)c(CNC3CC3)n2)c1C. The lowest BCUT2D eigenvalue weighted by molar-refractivity contribution is 0.672. The number of aryl methyl sites for hydroxylation is 1. The van der Waals surface area contributed by atoms with E-state index >= 15 is 0 Å². The van der Waals surface area contributed by atoms with Gasteiger partial charge in [0.15, 0.2) is 0 Å². The molecule has 2 aromatic rings. The first kappa shape index (κ1) is 12.6. The standard InChI is InChI=1S/C14H17ClN4/c1-9-10(2)19(8-17-9)14-6-5-12(15)13(18-14)7-16-11-3-4-11/h5-6,8,11,16H,3-4,7H2,1-2H3. The highest BCUT2D eigenvalue weighted by atomic mass is 35.5. The van der Waals surface area contributed by atoms with Crippen LogP contribution in [-0.2, 0) is 6.54 Å². The topological polar surface area (TPSA) is 42.7 Å². The molecule has 1 N–H and O–H groups in total. The monoisotopic (exact) mass is 276 g/mol. The number of pyridine rings is 1. The van der Waals surface area contributed by atoms with Crippen LogP contribution in [-0.4, -0.2) is 20.6 Å². The smallest absolute Gasteiger partial charge is 0.138 e. The molecule has 1 aliphatic rings. The van der Waals surface area contributed by atoms with Crippen molar-refractivity contribution >= 4 is 11.6 Å². The predicted octanol–water partition coefficient (Wildman–Crippen LogP) is 2.79. The van der Waals surface area contributed by atoms with E-state index in [-0.39, 0.29) is 0 Å². The first-order valence-electron chi connectivity index (χ1n) is 6.55. The molecule has 0 amide bonds. The summed E-state index contributed by atoms with van der Waals surface area (Å²) < 4.78 is 1.99. The molecule has 0 spiro atoms. The number of rotatable bonds is 4. The second kappa shape index (κ2) is 4.94. The summed E-state index contributed by atoms with van der Waals surface area (Å²) in [5, 5.41) is 4.15. The molecule has 4 nitrogen and oxygen atoms in total. The molecule has 0 unspecified atom stereocenters. The lowest BCUT2D eigenvalue weighted by Gasteiger charge is -2.09. The fraction of sp³-hybridized carbons (Fsp3) is 0.429. The number of aromatic nitrogens is 3. The average molecular weight is 277 g/mol. The Morgan fingerprint density at radius 3 is 2.79 bits per heavy atom. The summed E-state index contributed by atoms with van der Waals surface area (Å²) in [4.78, 5) is 8.95. The van der Waals surface area contributed by atoms with Crippen molar-refractivity contribution in [3.05, 3.63) is 40.6 Å². The number of nitrogens with one attached hydrogen (secondary N) is 1. The maximum Gasteiger partial charge on any atom is 0.138 e. The van der Waals surface area contributed by atoms with Gasteiger partial charge in [-0.15, -0.1) is 0 Å². The van der Waals surface area contributed by atoms with Gasteiger partial charge in [0.05, 0.1) is 16.4 Å². The molecule has 1 saturated carbocycles. The Labute approximate surface area is 117 Å². The van der Waals surface area contributed by atoms with E-state index in [1.807, 2.05) is 30.5 Å². The molecule has 0 atom stereocenters. The zero-order valence-corrected chi connectivity index (χ0v) is 11.9. The van der Waals surface area contributed by atoms with Gasteiger partial charge in [-0.05, 0) is 38.8 Å². The van der Waals surface area contributed by atoms with Crippen molar-refractivity contribution in [1.82, 2.24) is 19.9 Å². The van der Waals surface area contributed by atoms with Crippen LogP contribution in [0, 0.1) is 13.8 Å². The Morgan fingerprint density at radius 2 is 2.16 bits per heavy atom. The van der Waals surface area contributed by atoms with Gasteiger partial charge in [0.2, 0.25) is 0 Å². The van der Waals surface area contributed by atoms with Crippen LogP contribution in [0.2, 0.25) is 5.02 Å². The average Bonchev–Trinajstić information content (AvgIpc) is 3.17. The summed E-state index contributed by atoms with van der Waals surface area (Å²) in [6.07, 6.45) is 4.33. The minimum absolute atomic E-state index is 0.652. The minimum Gasteiger partial charge on any atom is -0.308 e. The van der Waals surface area contributed by atoms with Gasteiger partial charge in [0.25, 0.3) is 0 Å². The second-order valence-electron chi connectivity index (χ2n) is 5.04. The van der Waals surface area contributed by atoms with E-state index in [0.717, 1.165) is 29.4 Å². The third-order valence-corrected chi connectivity index (χ3v) is 3.88. The lowest BCUT2D eigenvalue weighted by atomic mass is 10.3. The van der Waals surface area contributed by atoms with Gasteiger partial charge < -0.3 is 5.32 Å². The quantitative estimate of drug-likeness (QED) is 0.934. The van der Waals surface area contributed by atoms with Crippen molar-refractivity contribution in [3.63, 3.8) is 0 Å². The number of hydrogen-bond donors (Lipinski definition) is 1. The summed E-state index contributed by atoms with van der Waals surface area (Å²) in [7, 11) is 0. The van der Waals surface area contributed by atoms with Gasteiger partial charge in [0, 0.05) is 18.3 Å². The van der Waals surface area contributed by atoms with E-state index in [1.165, 1.54) is 12.8 Å². The lowest BCUT2D eigenvalue weighted by Crippen LogP contribution is -2.17. The first-order chi connectivity index (χ1) is 9.15. The van der Waals surface area contributed by atoms with Crippen molar-refractivity contribution < 1.29 is 0 Å². The van der Waals surface area contributed by atoms with Crippen LogP contribution < -0.4 is 5.32 Å². The Kier molecular flexibility index (Phi) is 3.29. The maximum absolute atomic E-state index is 6.21. The molecule has 3 rings (SSSR count). The van der Waals surface area contributed by atoms with Gasteiger partial charge in [0.1, 0.15) is 12.1 Å². The van der Waals surface area contributed by atoms with Crippen LogP contribution in [0.3, 0.4) is 0 Å². The summed E-state index contributed by atoms with van der Waals surface area (Å²) >= 11 is 6.21. The van der Waals surface area contributed by atoms with Crippen LogP contribution in [0.1, 0.15) is 29.9 Å². The molecule has 5 heteroatoms. The zero-order chi connectivity index (χ0) is 13.4. The molecular weight excluding hydrogens is 260 g/mol. The Bertz CT molecular complexity index is 601. The molecule has 2 aromatic heterocycles. The third kappa shape index (κ3) is 2.65. The minimum atomic E-state index is 0.652. The Morgan fingerprint density at radius 1 is 1.37 bits per heavy atom. The molecule has 2 heterocycles. The first-order valence-corrected chi connectivity index (χ1v) is 6.92. The van der Waals surface area contributed by atoms with E-state index in [2.05, 4.69) is 15.3 Å². The van der Waals surface area contributed by atoms with Crippen LogP contribution >= 0.6 is 11.6 Å². The van der Waals surface area contributed by atoms with Gasteiger partial charge in [-0.2, -0.15) is 0 Å². The van der Waals surface area contributed by atoms with Gasteiger partial charge >= 0.3 is 0 Å². The Balaban J connectivity index is 1.89. The van der Waals surface area contributed by atoms with Crippen molar-refractivity contribution in [2.45, 2.75) is 39.3 Å². The maximum atomic E-state index is 6.21. The van der Waals surface area contributed by atoms with Crippen LogP contribution in [0.5, 0.6) is 0 Å². The van der Waals surface area contributed by atoms with E-state index in [1.54, 1.807) is 6.33 Å². The molecule has 19 heavy (non-hydrogen) atoms. The molecule has 0 bridgehead atoms. The zero-order valence-electron chi connectivity index (χ0n) is 11.2. The van der Waals surface area contributed by atoms with E-state index in [0.29, 0.717) is 11.1 Å². The number of hydrogen-bond acceptors (Lipinski definition) is 3. The summed E-state index contributed by atoms with van der Waals surface area (Å²) in [5.41, 5.74) is 3.03. The largest absolute Gasteiger partial charge is 0.308 e. The number of imidazole rings is 1. The molecular formula is C14H17ClN4. The molecule has 0 radical (unpaired) electrons. The van der Waals surface area contributed by atoms with Crippen molar-refractivity contribution in [2.75, 3.05) is 0 Å². The fourth-order valence-electron chi connectivity index (χ4n) is 1.99. The Hall–Kier alpha value is -1.39. The molecule has 1 fully saturated rings. The molecule has 0 saturated heterocycles. The van der Waals surface area contributed by atoms with Gasteiger partial charge in [-0.1, -0.05) is 11.6 Å². The summed E-state index contributed by atoms with van der Waals surface area (Å²) in [6.45, 7) is 4.77. The molecule has 1 aliphatic carbocycles. The molecule has 0 aliphatic heterocycles. The van der Waals surface area contributed by atoms with E-state index in [9.17, 15) is 0 Å². The van der Waals surface area contributed by atoms with Crippen LogP contribution in [0.25, 0.3) is 5.82 Å². The van der Waals surface area contributed by atoms with Crippen LogP contribution in [0.15, 0.2) is 18.5 Å². The van der Waals surface area contributed by atoms with Crippen molar-refractivity contribution in [1.29, 1.82) is 0 Å². The fourth-order valence-corrected chi connectivity index (χ4v) is 2.16. The highest BCUT2D eigenvalue weighted by molar-refractivity contribution is 6.31. The predicted molar refractivity (Wildman–Crippen MR) is 75.7 cm³/mol. The highest BCUT2D eigenvalue weighted by Gasteiger charge is 2.20. The number of nitrogens with zero attached hydrogens (tertiary/aromatic N) is 3. The molecule has 0 aromatic carbocycles. The van der Waals surface area contributed by atoms with Gasteiger partial charge in [-0.3, -0.25) is 4.57 Å². The van der Waals surface area contributed by atoms with Crippen LogP contribution in [0.4, 0.5) is 0 Å².